The van der Waals surface area contributed by atoms with Crippen molar-refractivity contribution in [1.82, 2.24) is 0 Å². The quantitative estimate of drug-likeness (QED) is 0.733. The summed E-state index contributed by atoms with van der Waals surface area (Å²) >= 11 is 0. The van der Waals surface area contributed by atoms with Gasteiger partial charge in [-0.2, -0.15) is 0 Å². The molecule has 0 fully saturated rings. The number of phenolic OH excluding ortho intramolecular Hbond substituents is 1. The molecule has 3 aromatic rings. The first-order chi connectivity index (χ1) is 10.3. The van der Waals surface area contributed by atoms with Crippen LogP contribution in [0.3, 0.4) is 0 Å². The van der Waals surface area contributed by atoms with Crippen LogP contribution in [0.15, 0.2) is 78.9 Å². The van der Waals surface area contributed by atoms with E-state index in [0.717, 1.165) is 5.30 Å². The average molecular weight is 292 g/mol. The zero-order valence-electron chi connectivity index (χ0n) is 11.9. The Bertz CT molecular complexity index is 692. The standard InChI is InChI=1S/C19H17OP/c1-15-9-5-7-13-18(15)21(16-10-3-2-4-11-16)19-14-8-6-12-17(19)20/h2-14,20H,1H3. The summed E-state index contributed by atoms with van der Waals surface area (Å²) in [6, 6.07) is 26.5. The maximum Gasteiger partial charge on any atom is 0.123 e. The first-order valence-corrected chi connectivity index (χ1v) is 8.30. The van der Waals surface area contributed by atoms with Crippen LogP contribution in [0.1, 0.15) is 5.56 Å². The van der Waals surface area contributed by atoms with E-state index in [-0.39, 0.29) is 0 Å². The highest BCUT2D eigenvalue weighted by atomic mass is 31.1. The molecule has 0 saturated carbocycles. The highest BCUT2D eigenvalue weighted by molar-refractivity contribution is 7.80. The molecule has 1 unspecified atom stereocenters. The van der Waals surface area contributed by atoms with Crippen molar-refractivity contribution in [3.8, 4) is 5.75 Å². The molecule has 3 aromatic carbocycles. The third-order valence-electron chi connectivity index (χ3n) is 3.49. The molecule has 0 aliphatic carbocycles. The SMILES string of the molecule is Cc1ccccc1P(c1ccccc1)c1ccccc1O. The maximum atomic E-state index is 10.3. The van der Waals surface area contributed by atoms with Crippen LogP contribution in [0.25, 0.3) is 0 Å². The normalized spacial score (nSPS) is 12.0. The third kappa shape index (κ3) is 2.84. The Kier molecular flexibility index (Phi) is 4.03. The molecule has 1 N–H and O–H groups in total. The van der Waals surface area contributed by atoms with Gasteiger partial charge in [0.1, 0.15) is 5.75 Å². The molecule has 0 spiro atoms. The molecule has 0 radical (unpaired) electrons. The Hall–Kier alpha value is -2.11. The largest absolute Gasteiger partial charge is 0.507 e. The van der Waals surface area contributed by atoms with Crippen LogP contribution < -0.4 is 15.9 Å². The predicted octanol–water partition coefficient (Wildman–Crippen LogP) is 3.46. The van der Waals surface area contributed by atoms with E-state index in [2.05, 4.69) is 55.5 Å². The number of aryl methyl sites for hydroxylation is 1. The minimum absolute atomic E-state index is 0.371. The second-order valence-corrected chi connectivity index (χ2v) is 7.10. The van der Waals surface area contributed by atoms with Crippen molar-refractivity contribution in [2.24, 2.45) is 0 Å². The van der Waals surface area contributed by atoms with Crippen LogP contribution in [-0.4, -0.2) is 5.11 Å². The van der Waals surface area contributed by atoms with Crippen LogP contribution in [-0.2, 0) is 0 Å². The molecule has 0 aliphatic rings. The lowest BCUT2D eigenvalue weighted by Crippen LogP contribution is -2.22. The van der Waals surface area contributed by atoms with E-state index < -0.39 is 7.92 Å². The molecule has 1 atom stereocenters. The molecule has 0 aromatic heterocycles. The Morgan fingerprint density at radius 3 is 1.90 bits per heavy atom. The summed E-state index contributed by atoms with van der Waals surface area (Å²) in [5.74, 6) is 0.371. The lowest BCUT2D eigenvalue weighted by Gasteiger charge is -2.21. The molecule has 1 nitrogen and oxygen atoms in total. The van der Waals surface area contributed by atoms with Gasteiger partial charge in [0.05, 0.1) is 0 Å². The number of hydrogen-bond acceptors (Lipinski definition) is 1. The van der Waals surface area contributed by atoms with Gasteiger partial charge in [-0.15, -0.1) is 0 Å². The molecule has 0 bridgehead atoms. The van der Waals surface area contributed by atoms with Gasteiger partial charge in [-0.1, -0.05) is 72.8 Å². The topological polar surface area (TPSA) is 20.2 Å². The summed E-state index contributed by atoms with van der Waals surface area (Å²) < 4.78 is 0. The lowest BCUT2D eigenvalue weighted by atomic mass is 10.2. The second-order valence-electron chi connectivity index (χ2n) is 4.95. The summed E-state index contributed by atoms with van der Waals surface area (Å²) in [6.07, 6.45) is 0. The monoisotopic (exact) mass is 292 g/mol. The van der Waals surface area contributed by atoms with Crippen molar-refractivity contribution in [3.05, 3.63) is 84.4 Å². The maximum absolute atomic E-state index is 10.3. The van der Waals surface area contributed by atoms with Gasteiger partial charge in [-0.05, 0) is 37.1 Å². The zero-order chi connectivity index (χ0) is 14.7. The second kappa shape index (κ2) is 6.11. The summed E-state index contributed by atoms with van der Waals surface area (Å²) in [7, 11) is -0.738. The molecule has 3 rings (SSSR count). The minimum Gasteiger partial charge on any atom is -0.507 e. The molecule has 0 aliphatic heterocycles. The number of rotatable bonds is 3. The number of phenols is 1. The van der Waals surface area contributed by atoms with Crippen molar-refractivity contribution in [1.29, 1.82) is 0 Å². The predicted molar refractivity (Wildman–Crippen MR) is 91.5 cm³/mol. The Morgan fingerprint density at radius 1 is 0.667 bits per heavy atom. The van der Waals surface area contributed by atoms with E-state index >= 15 is 0 Å². The van der Waals surface area contributed by atoms with Crippen LogP contribution in [0.2, 0.25) is 0 Å². The van der Waals surface area contributed by atoms with Crippen molar-refractivity contribution >= 4 is 23.8 Å². The van der Waals surface area contributed by atoms with Crippen molar-refractivity contribution < 1.29 is 5.11 Å². The van der Waals surface area contributed by atoms with E-state index in [9.17, 15) is 5.11 Å². The lowest BCUT2D eigenvalue weighted by molar-refractivity contribution is 0.480. The van der Waals surface area contributed by atoms with Gasteiger partial charge >= 0.3 is 0 Å². The van der Waals surface area contributed by atoms with Crippen LogP contribution in [0.4, 0.5) is 0 Å². The molecule has 21 heavy (non-hydrogen) atoms. The van der Waals surface area contributed by atoms with Crippen LogP contribution >= 0.6 is 7.92 Å². The fourth-order valence-electron chi connectivity index (χ4n) is 2.45. The summed E-state index contributed by atoms with van der Waals surface area (Å²) in [6.45, 7) is 2.13. The van der Waals surface area contributed by atoms with Gasteiger partial charge in [0.15, 0.2) is 0 Å². The van der Waals surface area contributed by atoms with E-state index in [0.29, 0.717) is 5.75 Å². The first kappa shape index (κ1) is 13.9. The number of hydrogen-bond donors (Lipinski definition) is 1. The van der Waals surface area contributed by atoms with E-state index in [4.69, 9.17) is 0 Å². The molecule has 0 saturated heterocycles. The van der Waals surface area contributed by atoms with Gasteiger partial charge in [0.25, 0.3) is 0 Å². The molecular formula is C19H17OP. The summed E-state index contributed by atoms with van der Waals surface area (Å²) in [5.41, 5.74) is 1.26. The number of aromatic hydroxyl groups is 1. The molecule has 104 valence electrons. The zero-order valence-corrected chi connectivity index (χ0v) is 12.8. The van der Waals surface area contributed by atoms with Crippen molar-refractivity contribution in [2.45, 2.75) is 6.92 Å². The Balaban J connectivity index is 2.22. The smallest absolute Gasteiger partial charge is 0.123 e. The van der Waals surface area contributed by atoms with E-state index in [1.54, 1.807) is 6.07 Å². The third-order valence-corrected chi connectivity index (χ3v) is 6.15. The Morgan fingerprint density at radius 2 is 1.24 bits per heavy atom. The molecule has 0 heterocycles. The van der Waals surface area contributed by atoms with Gasteiger partial charge in [-0.3, -0.25) is 0 Å². The summed E-state index contributed by atoms with van der Waals surface area (Å²) in [5, 5.41) is 13.9. The van der Waals surface area contributed by atoms with Gasteiger partial charge in [0.2, 0.25) is 0 Å². The molecule has 0 amide bonds. The Labute approximate surface area is 126 Å². The number of benzene rings is 3. The molecule has 2 heteroatoms. The first-order valence-electron chi connectivity index (χ1n) is 6.96. The fourth-order valence-corrected chi connectivity index (χ4v) is 4.94. The molecular weight excluding hydrogens is 275 g/mol. The fraction of sp³-hybridized carbons (Fsp3) is 0.0526. The van der Waals surface area contributed by atoms with Crippen LogP contribution in [0.5, 0.6) is 5.75 Å². The van der Waals surface area contributed by atoms with Crippen molar-refractivity contribution in [2.75, 3.05) is 0 Å². The van der Waals surface area contributed by atoms with E-state index in [1.807, 2.05) is 24.3 Å². The van der Waals surface area contributed by atoms with Gasteiger partial charge in [0, 0.05) is 5.30 Å². The highest BCUT2D eigenvalue weighted by Gasteiger charge is 2.20. The highest BCUT2D eigenvalue weighted by Crippen LogP contribution is 2.36. The number of para-hydroxylation sites is 1. The summed E-state index contributed by atoms with van der Waals surface area (Å²) in [4.78, 5) is 0. The average Bonchev–Trinajstić information content (AvgIpc) is 2.52. The minimum atomic E-state index is -0.738. The van der Waals surface area contributed by atoms with Crippen LogP contribution in [0, 0.1) is 6.92 Å². The van der Waals surface area contributed by atoms with Gasteiger partial charge in [-0.25, -0.2) is 0 Å². The van der Waals surface area contributed by atoms with E-state index in [1.165, 1.54) is 16.2 Å². The van der Waals surface area contributed by atoms with Gasteiger partial charge < -0.3 is 5.11 Å². The van der Waals surface area contributed by atoms with Crippen molar-refractivity contribution in [3.63, 3.8) is 0 Å².